The molecule has 3 heterocycles. The highest BCUT2D eigenvalue weighted by molar-refractivity contribution is 9.10. The van der Waals surface area contributed by atoms with Crippen LogP contribution in [0.5, 0.6) is 0 Å². The number of piperidine rings is 1. The highest BCUT2D eigenvalue weighted by Crippen LogP contribution is 2.37. The standard InChI is InChI=1S/C13H19BrN4O/c1-18-9-2-3-10(18)5-8(4-9)6-15-12-11(14)13(19)17-7-16-12/h7-10H,2-6H2,1H3,(H2,15,16,17,19). The van der Waals surface area contributed by atoms with E-state index in [1.165, 1.54) is 32.0 Å². The van der Waals surface area contributed by atoms with Gasteiger partial charge in [-0.3, -0.25) is 4.79 Å². The van der Waals surface area contributed by atoms with Gasteiger partial charge in [-0.15, -0.1) is 0 Å². The molecule has 0 amide bonds. The molecular weight excluding hydrogens is 308 g/mol. The van der Waals surface area contributed by atoms with Crippen molar-refractivity contribution in [2.75, 3.05) is 18.9 Å². The van der Waals surface area contributed by atoms with Crippen LogP contribution in [-0.4, -0.2) is 40.5 Å². The first kappa shape index (κ1) is 13.1. The molecule has 5 nitrogen and oxygen atoms in total. The molecular formula is C13H19BrN4O. The van der Waals surface area contributed by atoms with Gasteiger partial charge in [-0.25, -0.2) is 4.98 Å². The number of H-pyrrole nitrogens is 1. The predicted molar refractivity (Wildman–Crippen MR) is 78.3 cm³/mol. The number of aromatic nitrogens is 2. The van der Waals surface area contributed by atoms with Crippen molar-refractivity contribution in [3.63, 3.8) is 0 Å². The Morgan fingerprint density at radius 3 is 2.84 bits per heavy atom. The Morgan fingerprint density at radius 1 is 1.47 bits per heavy atom. The van der Waals surface area contributed by atoms with Gasteiger partial charge in [-0.1, -0.05) is 0 Å². The molecule has 2 unspecified atom stereocenters. The van der Waals surface area contributed by atoms with Crippen molar-refractivity contribution >= 4 is 21.7 Å². The number of anilines is 1. The second-order valence-electron chi connectivity index (χ2n) is 5.66. The number of aromatic amines is 1. The Kier molecular flexibility index (Phi) is 3.62. The van der Waals surface area contributed by atoms with E-state index in [0.717, 1.165) is 18.6 Å². The third-order valence-electron chi connectivity index (χ3n) is 4.55. The summed E-state index contributed by atoms with van der Waals surface area (Å²) in [7, 11) is 2.25. The average Bonchev–Trinajstić information content (AvgIpc) is 2.64. The molecule has 2 aliphatic rings. The van der Waals surface area contributed by atoms with Crippen molar-refractivity contribution in [3.05, 3.63) is 21.2 Å². The molecule has 2 bridgehead atoms. The molecule has 2 saturated heterocycles. The quantitative estimate of drug-likeness (QED) is 0.889. The summed E-state index contributed by atoms with van der Waals surface area (Å²) in [6.45, 7) is 0.899. The Bertz CT molecular complexity index is 504. The van der Waals surface area contributed by atoms with Crippen molar-refractivity contribution in [2.24, 2.45) is 5.92 Å². The van der Waals surface area contributed by atoms with Gasteiger partial charge in [0.15, 0.2) is 0 Å². The van der Waals surface area contributed by atoms with E-state index >= 15 is 0 Å². The van der Waals surface area contributed by atoms with E-state index in [1.807, 2.05) is 0 Å². The molecule has 2 aliphatic heterocycles. The molecule has 19 heavy (non-hydrogen) atoms. The lowest BCUT2D eigenvalue weighted by Crippen LogP contribution is -2.41. The lowest BCUT2D eigenvalue weighted by Gasteiger charge is -2.36. The van der Waals surface area contributed by atoms with Crippen molar-refractivity contribution in [1.29, 1.82) is 0 Å². The van der Waals surface area contributed by atoms with E-state index in [1.54, 1.807) is 0 Å². The molecule has 3 rings (SSSR count). The molecule has 2 atom stereocenters. The fourth-order valence-electron chi connectivity index (χ4n) is 3.44. The molecule has 1 aromatic heterocycles. The first-order valence-electron chi connectivity index (χ1n) is 6.84. The molecule has 0 radical (unpaired) electrons. The largest absolute Gasteiger partial charge is 0.369 e. The maximum absolute atomic E-state index is 11.5. The molecule has 1 aromatic rings. The Balaban J connectivity index is 1.61. The van der Waals surface area contributed by atoms with Crippen LogP contribution in [0.25, 0.3) is 0 Å². The summed E-state index contributed by atoms with van der Waals surface area (Å²) >= 11 is 3.27. The normalized spacial score (nSPS) is 30.5. The van der Waals surface area contributed by atoms with Gasteiger partial charge in [-0.05, 0) is 54.6 Å². The van der Waals surface area contributed by atoms with Crippen LogP contribution in [0.3, 0.4) is 0 Å². The average molecular weight is 327 g/mol. The van der Waals surface area contributed by atoms with Crippen LogP contribution in [0, 0.1) is 5.92 Å². The summed E-state index contributed by atoms with van der Waals surface area (Å²) < 4.78 is 0.492. The zero-order valence-electron chi connectivity index (χ0n) is 11.0. The van der Waals surface area contributed by atoms with Crippen LogP contribution in [0.1, 0.15) is 25.7 Å². The van der Waals surface area contributed by atoms with Gasteiger partial charge in [0.1, 0.15) is 10.3 Å². The summed E-state index contributed by atoms with van der Waals surface area (Å²) in [5.41, 5.74) is -0.138. The molecule has 6 heteroatoms. The summed E-state index contributed by atoms with van der Waals surface area (Å²) in [5.74, 6) is 1.33. The number of halogens is 1. The van der Waals surface area contributed by atoms with Crippen LogP contribution >= 0.6 is 15.9 Å². The number of nitrogens with zero attached hydrogens (tertiary/aromatic N) is 2. The third-order valence-corrected chi connectivity index (χ3v) is 5.29. The van der Waals surface area contributed by atoms with Gasteiger partial charge in [0.05, 0.1) is 6.33 Å². The minimum atomic E-state index is -0.138. The van der Waals surface area contributed by atoms with E-state index in [4.69, 9.17) is 0 Å². The third kappa shape index (κ3) is 2.56. The summed E-state index contributed by atoms with van der Waals surface area (Å²) in [5, 5.41) is 3.31. The fraction of sp³-hybridized carbons (Fsp3) is 0.692. The van der Waals surface area contributed by atoms with Crippen LogP contribution in [0.4, 0.5) is 5.82 Å². The van der Waals surface area contributed by atoms with E-state index in [9.17, 15) is 4.79 Å². The van der Waals surface area contributed by atoms with E-state index in [2.05, 4.69) is 43.2 Å². The Morgan fingerprint density at radius 2 is 2.16 bits per heavy atom. The van der Waals surface area contributed by atoms with Crippen LogP contribution < -0.4 is 10.9 Å². The lowest BCUT2D eigenvalue weighted by molar-refractivity contribution is 0.139. The minimum absolute atomic E-state index is 0.138. The second kappa shape index (κ2) is 5.25. The van der Waals surface area contributed by atoms with Crippen LogP contribution in [0.2, 0.25) is 0 Å². The Hall–Kier alpha value is -0.880. The van der Waals surface area contributed by atoms with Crippen LogP contribution in [-0.2, 0) is 0 Å². The number of rotatable bonds is 3. The molecule has 0 aliphatic carbocycles. The second-order valence-corrected chi connectivity index (χ2v) is 6.46. The predicted octanol–water partition coefficient (Wildman–Crippen LogP) is 1.82. The van der Waals surface area contributed by atoms with Crippen molar-refractivity contribution in [2.45, 2.75) is 37.8 Å². The van der Waals surface area contributed by atoms with Gasteiger partial charge < -0.3 is 15.2 Å². The fourth-order valence-corrected chi connectivity index (χ4v) is 3.80. The number of hydrogen-bond acceptors (Lipinski definition) is 4. The summed E-state index contributed by atoms with van der Waals surface area (Å²) in [6.07, 6.45) is 6.62. The van der Waals surface area contributed by atoms with Gasteiger partial charge in [0.2, 0.25) is 0 Å². The molecule has 0 spiro atoms. The van der Waals surface area contributed by atoms with Crippen molar-refractivity contribution in [3.8, 4) is 0 Å². The van der Waals surface area contributed by atoms with Gasteiger partial charge in [0, 0.05) is 18.6 Å². The van der Waals surface area contributed by atoms with E-state index in [-0.39, 0.29) is 5.56 Å². The highest BCUT2D eigenvalue weighted by atomic mass is 79.9. The number of fused-ring (bicyclic) bond motifs is 2. The summed E-state index contributed by atoms with van der Waals surface area (Å²) in [6, 6.07) is 1.50. The summed E-state index contributed by atoms with van der Waals surface area (Å²) in [4.78, 5) is 20.7. The first-order chi connectivity index (χ1) is 9.15. The van der Waals surface area contributed by atoms with Crippen LogP contribution in [0.15, 0.2) is 15.6 Å². The SMILES string of the molecule is CN1C2CCC1CC(CNc1nc[nH]c(=O)c1Br)C2. The maximum Gasteiger partial charge on any atom is 0.267 e. The molecule has 0 saturated carbocycles. The van der Waals surface area contributed by atoms with Gasteiger partial charge in [-0.2, -0.15) is 0 Å². The topological polar surface area (TPSA) is 61.0 Å². The zero-order chi connectivity index (χ0) is 13.4. The minimum Gasteiger partial charge on any atom is -0.369 e. The molecule has 2 fully saturated rings. The van der Waals surface area contributed by atoms with Gasteiger partial charge in [0.25, 0.3) is 5.56 Å². The number of hydrogen-bond donors (Lipinski definition) is 2. The molecule has 0 aromatic carbocycles. The maximum atomic E-state index is 11.5. The van der Waals surface area contributed by atoms with Crippen molar-refractivity contribution < 1.29 is 0 Å². The molecule has 104 valence electrons. The first-order valence-corrected chi connectivity index (χ1v) is 7.63. The Labute approximate surface area is 120 Å². The zero-order valence-corrected chi connectivity index (χ0v) is 12.6. The number of nitrogens with one attached hydrogen (secondary N) is 2. The monoisotopic (exact) mass is 326 g/mol. The lowest BCUT2D eigenvalue weighted by atomic mass is 9.91. The van der Waals surface area contributed by atoms with E-state index in [0.29, 0.717) is 16.2 Å². The van der Waals surface area contributed by atoms with Crippen molar-refractivity contribution in [1.82, 2.24) is 14.9 Å². The highest BCUT2D eigenvalue weighted by Gasteiger charge is 2.38. The van der Waals surface area contributed by atoms with E-state index < -0.39 is 0 Å². The smallest absolute Gasteiger partial charge is 0.267 e. The molecule has 2 N–H and O–H groups in total. The van der Waals surface area contributed by atoms with Gasteiger partial charge >= 0.3 is 0 Å².